The van der Waals surface area contributed by atoms with E-state index in [4.69, 9.17) is 33.7 Å². The topological polar surface area (TPSA) is 58.8 Å². The molecular formula is C26H33Cl2N3O2. The standard InChI is InChI=1S/C26H33Cl2N3O2/c1-17(2)15-23(29)22-16-20(28)7-8-24(22)30-10-12-31(13-11-30)26(32)21-9-14-33-25(21)18-3-5-19(27)6-4-18/h3-8,16-17,21,23,25H,9-15,29H2,1-2H3/t21-,23-,25+/m0/s1. The molecule has 0 radical (unpaired) electrons. The van der Waals surface area contributed by atoms with Crippen LogP contribution in [0.2, 0.25) is 10.0 Å². The Morgan fingerprint density at radius 3 is 2.39 bits per heavy atom. The van der Waals surface area contributed by atoms with Crippen molar-refractivity contribution in [3.05, 3.63) is 63.6 Å². The van der Waals surface area contributed by atoms with Gasteiger partial charge in [0.15, 0.2) is 0 Å². The lowest BCUT2D eigenvalue weighted by Gasteiger charge is -2.39. The highest BCUT2D eigenvalue weighted by atomic mass is 35.5. The minimum Gasteiger partial charge on any atom is -0.373 e. The maximum absolute atomic E-state index is 13.4. The summed E-state index contributed by atoms with van der Waals surface area (Å²) in [7, 11) is 0. The number of hydrogen-bond donors (Lipinski definition) is 1. The molecule has 0 aliphatic carbocycles. The van der Waals surface area contributed by atoms with Crippen molar-refractivity contribution in [2.45, 2.75) is 38.8 Å². The number of hydrogen-bond acceptors (Lipinski definition) is 4. The van der Waals surface area contributed by atoms with Crippen molar-refractivity contribution in [3.63, 3.8) is 0 Å². The van der Waals surface area contributed by atoms with E-state index >= 15 is 0 Å². The van der Waals surface area contributed by atoms with Crippen LogP contribution in [0.1, 0.15) is 50.0 Å². The van der Waals surface area contributed by atoms with Gasteiger partial charge in [-0.05, 0) is 60.2 Å². The van der Waals surface area contributed by atoms with Gasteiger partial charge in [-0.3, -0.25) is 4.79 Å². The van der Waals surface area contributed by atoms with Crippen LogP contribution in [0, 0.1) is 11.8 Å². The Morgan fingerprint density at radius 1 is 1.06 bits per heavy atom. The van der Waals surface area contributed by atoms with E-state index in [1.54, 1.807) is 0 Å². The average molecular weight is 490 g/mol. The number of ether oxygens (including phenoxy) is 1. The summed E-state index contributed by atoms with van der Waals surface area (Å²) >= 11 is 12.3. The van der Waals surface area contributed by atoms with E-state index < -0.39 is 0 Å². The molecule has 7 heteroatoms. The van der Waals surface area contributed by atoms with E-state index in [2.05, 4.69) is 24.8 Å². The molecule has 0 unspecified atom stereocenters. The molecule has 178 valence electrons. The van der Waals surface area contributed by atoms with E-state index in [1.807, 2.05) is 41.3 Å². The minimum absolute atomic E-state index is 0.0610. The summed E-state index contributed by atoms with van der Waals surface area (Å²) in [5, 5.41) is 1.39. The quantitative estimate of drug-likeness (QED) is 0.584. The summed E-state index contributed by atoms with van der Waals surface area (Å²) < 4.78 is 5.95. The second-order valence-electron chi connectivity index (χ2n) is 9.49. The molecule has 0 aromatic heterocycles. The molecule has 2 N–H and O–H groups in total. The fourth-order valence-electron chi connectivity index (χ4n) is 4.97. The summed E-state index contributed by atoms with van der Waals surface area (Å²) in [6.07, 6.45) is 1.45. The Labute approximate surface area is 206 Å². The van der Waals surface area contributed by atoms with Crippen LogP contribution in [-0.4, -0.2) is 43.6 Å². The van der Waals surface area contributed by atoms with Gasteiger partial charge in [-0.2, -0.15) is 0 Å². The monoisotopic (exact) mass is 489 g/mol. The van der Waals surface area contributed by atoms with Gasteiger partial charge < -0.3 is 20.3 Å². The van der Waals surface area contributed by atoms with Gasteiger partial charge >= 0.3 is 0 Å². The minimum atomic E-state index is -0.204. The number of nitrogens with zero attached hydrogens (tertiary/aromatic N) is 2. The summed E-state index contributed by atoms with van der Waals surface area (Å²) in [5.74, 6) is 0.534. The summed E-state index contributed by atoms with van der Waals surface area (Å²) in [4.78, 5) is 17.7. The second kappa shape index (κ2) is 10.6. The predicted octanol–water partition coefficient (Wildman–Crippen LogP) is 5.47. The van der Waals surface area contributed by atoms with Gasteiger partial charge in [0.2, 0.25) is 5.91 Å². The summed E-state index contributed by atoms with van der Waals surface area (Å²) in [5.41, 5.74) is 9.76. The Balaban J connectivity index is 1.43. The maximum atomic E-state index is 13.4. The normalized spacial score (nSPS) is 22.1. The molecule has 0 bridgehead atoms. The second-order valence-corrected chi connectivity index (χ2v) is 10.4. The van der Waals surface area contributed by atoms with Gasteiger partial charge in [0.1, 0.15) is 0 Å². The SMILES string of the molecule is CC(C)C[C@H](N)c1cc(Cl)ccc1N1CCN(C(=O)[C@H]2CCO[C@@H]2c2ccc(Cl)cc2)CC1. The zero-order chi connectivity index (χ0) is 23.5. The lowest BCUT2D eigenvalue weighted by Crippen LogP contribution is -2.51. The van der Waals surface area contributed by atoms with Crippen LogP contribution in [0.5, 0.6) is 0 Å². The maximum Gasteiger partial charge on any atom is 0.228 e. The molecule has 2 aliphatic heterocycles. The Bertz CT molecular complexity index is 959. The highest BCUT2D eigenvalue weighted by molar-refractivity contribution is 6.31. The zero-order valence-corrected chi connectivity index (χ0v) is 20.9. The van der Waals surface area contributed by atoms with Crippen molar-refractivity contribution in [1.29, 1.82) is 0 Å². The molecule has 3 atom stereocenters. The molecule has 2 aromatic carbocycles. The van der Waals surface area contributed by atoms with E-state index in [1.165, 1.54) is 0 Å². The summed E-state index contributed by atoms with van der Waals surface area (Å²) in [6, 6.07) is 13.5. The van der Waals surface area contributed by atoms with Crippen LogP contribution in [0.4, 0.5) is 5.69 Å². The number of amides is 1. The first-order valence-electron chi connectivity index (χ1n) is 11.8. The molecule has 0 saturated carbocycles. The third kappa shape index (κ3) is 5.65. The highest BCUT2D eigenvalue weighted by Gasteiger charge is 2.38. The number of benzene rings is 2. The number of halogens is 2. The van der Waals surface area contributed by atoms with Crippen molar-refractivity contribution >= 4 is 34.8 Å². The van der Waals surface area contributed by atoms with Crippen molar-refractivity contribution in [2.24, 2.45) is 17.6 Å². The van der Waals surface area contributed by atoms with Gasteiger partial charge in [0.05, 0.1) is 12.0 Å². The summed E-state index contributed by atoms with van der Waals surface area (Å²) in [6.45, 7) is 7.87. The van der Waals surface area contributed by atoms with Gasteiger partial charge in [-0.25, -0.2) is 0 Å². The van der Waals surface area contributed by atoms with Crippen molar-refractivity contribution in [3.8, 4) is 0 Å². The van der Waals surface area contributed by atoms with Gasteiger partial charge in [0, 0.05) is 54.6 Å². The van der Waals surface area contributed by atoms with E-state index in [0.717, 1.165) is 42.7 Å². The van der Waals surface area contributed by atoms with E-state index in [-0.39, 0.29) is 24.0 Å². The lowest BCUT2D eigenvalue weighted by atomic mass is 9.93. The van der Waals surface area contributed by atoms with Gasteiger partial charge in [-0.15, -0.1) is 0 Å². The molecule has 4 rings (SSSR count). The fraction of sp³-hybridized carbons (Fsp3) is 0.500. The number of carbonyl (C=O) groups is 1. The third-order valence-electron chi connectivity index (χ3n) is 6.65. The van der Waals surface area contributed by atoms with Crippen LogP contribution in [0.25, 0.3) is 0 Å². The number of piperazine rings is 1. The Kier molecular flexibility index (Phi) is 7.85. The fourth-order valence-corrected chi connectivity index (χ4v) is 5.28. The van der Waals surface area contributed by atoms with Crippen LogP contribution < -0.4 is 10.6 Å². The average Bonchev–Trinajstić information content (AvgIpc) is 3.28. The number of rotatable bonds is 6. The molecule has 33 heavy (non-hydrogen) atoms. The first kappa shape index (κ1) is 24.3. The lowest BCUT2D eigenvalue weighted by molar-refractivity contribution is -0.137. The Morgan fingerprint density at radius 2 is 1.73 bits per heavy atom. The first-order chi connectivity index (χ1) is 15.8. The third-order valence-corrected chi connectivity index (χ3v) is 7.14. The molecule has 2 aliphatic rings. The van der Waals surface area contributed by atoms with Crippen LogP contribution in [0.15, 0.2) is 42.5 Å². The van der Waals surface area contributed by atoms with Crippen LogP contribution in [-0.2, 0) is 9.53 Å². The van der Waals surface area contributed by atoms with Crippen molar-refractivity contribution in [1.82, 2.24) is 4.90 Å². The van der Waals surface area contributed by atoms with E-state index in [0.29, 0.717) is 35.7 Å². The molecule has 2 aromatic rings. The highest BCUT2D eigenvalue weighted by Crippen LogP contribution is 2.37. The van der Waals surface area contributed by atoms with E-state index in [9.17, 15) is 4.79 Å². The van der Waals surface area contributed by atoms with Gasteiger partial charge in [-0.1, -0.05) is 49.2 Å². The van der Waals surface area contributed by atoms with Crippen LogP contribution in [0.3, 0.4) is 0 Å². The van der Waals surface area contributed by atoms with Crippen LogP contribution >= 0.6 is 23.2 Å². The molecular weight excluding hydrogens is 457 g/mol. The number of carbonyl (C=O) groups excluding carboxylic acids is 1. The molecule has 2 saturated heterocycles. The molecule has 2 heterocycles. The van der Waals surface area contributed by atoms with Gasteiger partial charge in [0.25, 0.3) is 0 Å². The molecule has 1 amide bonds. The Hall–Kier alpha value is -1.79. The first-order valence-corrected chi connectivity index (χ1v) is 12.5. The van der Waals surface area contributed by atoms with Crippen molar-refractivity contribution in [2.75, 3.05) is 37.7 Å². The molecule has 5 nitrogen and oxygen atoms in total. The zero-order valence-electron chi connectivity index (χ0n) is 19.3. The smallest absolute Gasteiger partial charge is 0.228 e. The predicted molar refractivity (Wildman–Crippen MR) is 135 cm³/mol. The number of nitrogens with two attached hydrogens (primary N) is 1. The van der Waals surface area contributed by atoms with Crippen molar-refractivity contribution < 1.29 is 9.53 Å². The number of anilines is 1. The largest absolute Gasteiger partial charge is 0.373 e. The molecule has 0 spiro atoms. The molecule has 2 fully saturated rings.